The zero-order valence-corrected chi connectivity index (χ0v) is 29.8. The maximum absolute atomic E-state index is 13.6. The van der Waals surface area contributed by atoms with Gasteiger partial charge in [-0.2, -0.15) is 13.2 Å². The molecule has 1 aromatic heterocycles. The van der Waals surface area contributed by atoms with Gasteiger partial charge in [0.1, 0.15) is 11.4 Å². The van der Waals surface area contributed by atoms with Crippen LogP contribution in [0.15, 0.2) is 73.2 Å². The first-order chi connectivity index (χ1) is 23.9. The van der Waals surface area contributed by atoms with Gasteiger partial charge >= 0.3 is 12.3 Å². The van der Waals surface area contributed by atoms with E-state index < -0.39 is 41.4 Å². The third-order valence-corrected chi connectivity index (χ3v) is 8.31. The molecule has 3 atom stereocenters. The van der Waals surface area contributed by atoms with Crippen molar-refractivity contribution < 1.29 is 36.8 Å². The molecule has 0 spiro atoms. The lowest BCUT2D eigenvalue weighted by molar-refractivity contribution is -0.907. The minimum absolute atomic E-state index is 0.0109. The second kappa shape index (κ2) is 18.1. The van der Waals surface area contributed by atoms with Crippen molar-refractivity contribution in [3.8, 4) is 0 Å². The molecule has 0 bridgehead atoms. The van der Waals surface area contributed by atoms with Gasteiger partial charge in [-0.15, -0.1) is 0 Å². The van der Waals surface area contributed by atoms with Crippen LogP contribution in [-0.4, -0.2) is 84.7 Å². The Hall–Kier alpha value is -4.53. The van der Waals surface area contributed by atoms with E-state index in [-0.39, 0.29) is 18.6 Å². The lowest BCUT2D eigenvalue weighted by atomic mass is 9.96. The van der Waals surface area contributed by atoms with Crippen LogP contribution in [0.5, 0.6) is 0 Å². The highest BCUT2D eigenvalue weighted by Crippen LogP contribution is 2.29. The number of rotatable bonds is 18. The molecule has 2 amide bonds. The number of pyridine rings is 1. The number of alkyl halides is 3. The van der Waals surface area contributed by atoms with Gasteiger partial charge in [0.05, 0.1) is 56.4 Å². The van der Waals surface area contributed by atoms with Crippen molar-refractivity contribution in [1.29, 1.82) is 0 Å². The molecule has 0 radical (unpaired) electrons. The predicted octanol–water partition coefficient (Wildman–Crippen LogP) is 4.19. The minimum Gasteiger partial charge on any atom is -0.444 e. The number of ketones is 1. The summed E-state index contributed by atoms with van der Waals surface area (Å²) in [6.45, 7) is 12.0. The number of nitrogens with two attached hydrogens (primary N) is 2. The van der Waals surface area contributed by atoms with Gasteiger partial charge in [0.2, 0.25) is 5.91 Å². The van der Waals surface area contributed by atoms with Gasteiger partial charge < -0.3 is 31.3 Å². The lowest BCUT2D eigenvalue weighted by Gasteiger charge is -2.35. The first-order valence-electron chi connectivity index (χ1n) is 16.9. The lowest BCUT2D eigenvalue weighted by Crippen LogP contribution is -2.52. The number of amides is 2. The first kappa shape index (κ1) is 40.9. The van der Waals surface area contributed by atoms with E-state index in [1.54, 1.807) is 27.0 Å². The molecular formula is C37H51F3N7O4+. The fourth-order valence-electron chi connectivity index (χ4n) is 5.55. The Labute approximate surface area is 297 Å². The fraction of sp³-hybridized carbons (Fsp3) is 0.459. The second-order valence-electron chi connectivity index (χ2n) is 14.0. The summed E-state index contributed by atoms with van der Waals surface area (Å²) in [6, 6.07) is 11.9. The number of Topliss-reactive ketones (excluding diaryl/α,β-unsaturated/α-hetero) is 1. The molecular weight excluding hydrogens is 663 g/mol. The average Bonchev–Trinajstić information content (AvgIpc) is 3.03. The fourth-order valence-corrected chi connectivity index (χ4v) is 5.55. The van der Waals surface area contributed by atoms with Gasteiger partial charge in [-0.25, -0.2) is 4.79 Å². The third-order valence-electron chi connectivity index (χ3n) is 8.31. The normalized spacial score (nSPS) is 14.2. The Bertz CT molecular complexity index is 1640. The summed E-state index contributed by atoms with van der Waals surface area (Å²) < 4.78 is 45.3. The van der Waals surface area contributed by atoms with Gasteiger partial charge in [0.25, 0.3) is 0 Å². The largest absolute Gasteiger partial charge is 0.444 e. The number of carbonyl (C=O) groups excluding carboxylic acids is 3. The van der Waals surface area contributed by atoms with Crippen LogP contribution < -0.4 is 27.4 Å². The van der Waals surface area contributed by atoms with Crippen molar-refractivity contribution in [2.75, 3.05) is 39.8 Å². The van der Waals surface area contributed by atoms with Crippen LogP contribution in [0.3, 0.4) is 0 Å². The predicted molar refractivity (Wildman–Crippen MR) is 191 cm³/mol. The van der Waals surface area contributed by atoms with Crippen LogP contribution in [0.4, 0.5) is 18.0 Å². The summed E-state index contributed by atoms with van der Waals surface area (Å²) in [6.07, 6.45) is -2.67. The summed E-state index contributed by atoms with van der Waals surface area (Å²) in [5.41, 5.74) is 12.6. The molecule has 1 heterocycles. The number of para-hydroxylation sites is 1. The molecule has 0 aliphatic rings. The molecule has 0 saturated heterocycles. The van der Waals surface area contributed by atoms with E-state index in [4.69, 9.17) is 16.2 Å². The third kappa shape index (κ3) is 14.0. The van der Waals surface area contributed by atoms with E-state index in [1.165, 1.54) is 12.1 Å². The SMILES string of the molecule is C=C(NCC[N+](C)(CCN)CCCC(N)C(=O)N[C@@H](Cc1ccc(C(F)(F)F)cc1)C(=O)Cc1cnc2ccccc2c1)NC(=O)OC(C)(C)C. The quantitative estimate of drug-likeness (QED) is 0.123. The van der Waals surface area contributed by atoms with Crippen LogP contribution in [0.25, 0.3) is 10.9 Å². The first-order valence-corrected chi connectivity index (χ1v) is 16.9. The number of aromatic nitrogens is 1. The summed E-state index contributed by atoms with van der Waals surface area (Å²) in [7, 11) is 2.03. The number of benzene rings is 2. The number of fused-ring (bicyclic) bond motifs is 1. The number of likely N-dealkylation sites (N-methyl/N-ethyl adjacent to an activating group) is 1. The van der Waals surface area contributed by atoms with Gasteiger partial charge in [-0.05, 0) is 75.4 Å². The Balaban J connectivity index is 1.61. The Morgan fingerprint density at radius 1 is 1.00 bits per heavy atom. The number of hydrogen-bond donors (Lipinski definition) is 5. The summed E-state index contributed by atoms with van der Waals surface area (Å²) >= 11 is 0. The topological polar surface area (TPSA) is 161 Å². The van der Waals surface area contributed by atoms with Crippen molar-refractivity contribution >= 4 is 28.7 Å². The molecule has 3 rings (SSSR count). The number of ether oxygens (including phenoxy) is 1. The Morgan fingerprint density at radius 3 is 2.33 bits per heavy atom. The number of carbonyl (C=O) groups is 3. The number of hydrogen-bond acceptors (Lipinski definition) is 8. The van der Waals surface area contributed by atoms with Gasteiger partial charge in [-0.1, -0.05) is 36.9 Å². The second-order valence-corrected chi connectivity index (χ2v) is 14.0. The summed E-state index contributed by atoms with van der Waals surface area (Å²) in [5, 5.41) is 9.26. The minimum atomic E-state index is -4.50. The number of nitrogens with zero attached hydrogens (tertiary/aromatic N) is 2. The molecule has 7 N–H and O–H groups in total. The number of nitrogens with one attached hydrogen (secondary N) is 3. The van der Waals surface area contributed by atoms with E-state index >= 15 is 0 Å². The molecule has 3 aromatic rings. The molecule has 0 saturated carbocycles. The number of quaternary nitrogens is 1. The number of alkyl carbamates (subject to hydrolysis) is 1. The zero-order valence-electron chi connectivity index (χ0n) is 29.8. The van der Waals surface area contributed by atoms with Crippen molar-refractivity contribution in [3.63, 3.8) is 0 Å². The molecule has 0 fully saturated rings. The highest BCUT2D eigenvalue weighted by molar-refractivity contribution is 5.92. The monoisotopic (exact) mass is 714 g/mol. The van der Waals surface area contributed by atoms with Crippen LogP contribution in [0.2, 0.25) is 0 Å². The molecule has 2 unspecified atom stereocenters. The van der Waals surface area contributed by atoms with Crippen molar-refractivity contribution in [2.45, 2.75) is 70.3 Å². The maximum Gasteiger partial charge on any atom is 0.416 e. The van der Waals surface area contributed by atoms with Crippen molar-refractivity contribution in [1.82, 2.24) is 20.9 Å². The molecule has 2 aromatic carbocycles. The molecule has 51 heavy (non-hydrogen) atoms. The summed E-state index contributed by atoms with van der Waals surface area (Å²) in [4.78, 5) is 43.3. The van der Waals surface area contributed by atoms with Crippen molar-refractivity contribution in [3.05, 3.63) is 89.9 Å². The van der Waals surface area contributed by atoms with E-state index in [2.05, 4.69) is 27.5 Å². The van der Waals surface area contributed by atoms with Crippen LogP contribution in [-0.2, 0) is 33.3 Å². The van der Waals surface area contributed by atoms with E-state index in [1.807, 2.05) is 37.4 Å². The van der Waals surface area contributed by atoms with Gasteiger partial charge in [0.15, 0.2) is 5.78 Å². The molecule has 0 aliphatic heterocycles. The van der Waals surface area contributed by atoms with Gasteiger partial charge in [0, 0.05) is 24.5 Å². The van der Waals surface area contributed by atoms with Crippen LogP contribution in [0.1, 0.15) is 50.3 Å². The average molecular weight is 715 g/mol. The van der Waals surface area contributed by atoms with E-state index in [0.717, 1.165) is 23.0 Å². The zero-order chi connectivity index (χ0) is 37.8. The Morgan fingerprint density at radius 2 is 1.69 bits per heavy atom. The number of halogens is 3. The Kier molecular flexibility index (Phi) is 14.5. The van der Waals surface area contributed by atoms with E-state index in [9.17, 15) is 27.6 Å². The molecule has 0 aliphatic carbocycles. The smallest absolute Gasteiger partial charge is 0.416 e. The molecule has 278 valence electrons. The standard InChI is InChI=1S/C37H50F3N7O4/c1-25(45-35(50)51-36(2,3)4)43-17-20-47(5,19-16-41)18-8-10-30(42)34(49)46-32(22-26-12-14-29(15-13-26)37(38,39)40)33(48)23-27-21-28-9-6-7-11-31(28)44-24-27/h6-7,9,11-15,21,24,30,32,43H,1,8,10,16-20,22-23,41-42H2,2-5H3,(H-,45,46,49,50)/p+1/t30?,32-,47?/m0/s1. The van der Waals surface area contributed by atoms with E-state index in [0.29, 0.717) is 67.0 Å². The van der Waals surface area contributed by atoms with Crippen molar-refractivity contribution in [2.24, 2.45) is 11.5 Å². The summed E-state index contributed by atoms with van der Waals surface area (Å²) in [5.74, 6) is -0.550. The maximum atomic E-state index is 13.6. The molecule has 11 nitrogen and oxygen atoms in total. The highest BCUT2D eigenvalue weighted by Gasteiger charge is 2.31. The van der Waals surface area contributed by atoms with Crippen LogP contribution in [0, 0.1) is 0 Å². The molecule has 14 heteroatoms. The van der Waals surface area contributed by atoms with Gasteiger partial charge in [-0.3, -0.25) is 19.9 Å². The highest BCUT2D eigenvalue weighted by atomic mass is 19.4. The van der Waals surface area contributed by atoms with Crippen LogP contribution >= 0.6 is 0 Å².